The summed E-state index contributed by atoms with van der Waals surface area (Å²) in [6, 6.07) is -0.292. The van der Waals surface area contributed by atoms with Gasteiger partial charge in [0.05, 0.1) is 13.2 Å². The molecule has 0 saturated carbocycles. The number of aliphatic carboxylic acids is 1. The van der Waals surface area contributed by atoms with E-state index in [0.29, 0.717) is 6.61 Å². The lowest BCUT2D eigenvalue weighted by atomic mass is 10.3. The lowest BCUT2D eigenvalue weighted by molar-refractivity contribution is -0.164. The zero-order chi connectivity index (χ0) is 11.2. The van der Waals surface area contributed by atoms with Crippen molar-refractivity contribution >= 4 is 5.97 Å². The molecule has 84 valence electrons. The summed E-state index contributed by atoms with van der Waals surface area (Å²) in [5.74, 6) is -5.84. The van der Waals surface area contributed by atoms with Crippen molar-refractivity contribution in [3.8, 4) is 0 Å². The Bertz CT molecular complexity index is 187. The van der Waals surface area contributed by atoms with Crippen LogP contribution in [0, 0.1) is 0 Å². The van der Waals surface area contributed by atoms with Gasteiger partial charge in [0.25, 0.3) is 0 Å². The summed E-state index contributed by atoms with van der Waals surface area (Å²) < 4.78 is 30.0. The van der Waals surface area contributed by atoms with Crippen LogP contribution in [0.4, 0.5) is 8.78 Å². The molecule has 0 aliphatic carbocycles. The number of hydrogen-bond acceptors (Lipinski definition) is 3. The van der Waals surface area contributed by atoms with Crippen LogP contribution in [-0.2, 0) is 9.53 Å². The van der Waals surface area contributed by atoms with Gasteiger partial charge in [-0.2, -0.15) is 8.78 Å². The Morgan fingerprint density at radius 2 is 2.21 bits per heavy atom. The summed E-state index contributed by atoms with van der Waals surface area (Å²) in [7, 11) is 0. The molecule has 0 aromatic rings. The van der Waals surface area contributed by atoms with E-state index >= 15 is 0 Å². The molecule has 0 fully saturated rings. The summed E-state index contributed by atoms with van der Waals surface area (Å²) >= 11 is 0. The Labute approximate surface area is 81.2 Å². The SMILES string of the molecule is CCOCC(C)NCC(F)(F)C(=O)O. The Kier molecular flexibility index (Phi) is 5.56. The fourth-order valence-corrected chi connectivity index (χ4v) is 0.732. The first-order valence-corrected chi connectivity index (χ1v) is 4.32. The molecule has 4 nitrogen and oxygen atoms in total. The molecule has 0 aliphatic rings. The number of rotatable bonds is 7. The van der Waals surface area contributed by atoms with Crippen LogP contribution < -0.4 is 5.32 Å². The number of ether oxygens (including phenoxy) is 1. The first-order valence-electron chi connectivity index (χ1n) is 4.32. The third kappa shape index (κ3) is 5.08. The molecule has 0 heterocycles. The van der Waals surface area contributed by atoms with Crippen LogP contribution in [0.1, 0.15) is 13.8 Å². The predicted octanol–water partition coefficient (Wildman–Crippen LogP) is 0.721. The van der Waals surface area contributed by atoms with Crippen molar-refractivity contribution in [2.75, 3.05) is 19.8 Å². The Morgan fingerprint density at radius 3 is 2.64 bits per heavy atom. The van der Waals surface area contributed by atoms with E-state index in [9.17, 15) is 13.6 Å². The van der Waals surface area contributed by atoms with Gasteiger partial charge in [0.15, 0.2) is 0 Å². The molecule has 2 N–H and O–H groups in total. The lowest BCUT2D eigenvalue weighted by Gasteiger charge is -2.17. The maximum absolute atomic E-state index is 12.5. The van der Waals surface area contributed by atoms with Gasteiger partial charge in [0.2, 0.25) is 0 Å². The van der Waals surface area contributed by atoms with Crippen LogP contribution in [-0.4, -0.2) is 42.8 Å². The summed E-state index contributed by atoms with van der Waals surface area (Å²) in [6.07, 6.45) is 0. The minimum Gasteiger partial charge on any atom is -0.477 e. The van der Waals surface area contributed by atoms with Crippen LogP contribution in [0.25, 0.3) is 0 Å². The van der Waals surface area contributed by atoms with Gasteiger partial charge in [-0.05, 0) is 13.8 Å². The van der Waals surface area contributed by atoms with Crippen LogP contribution >= 0.6 is 0 Å². The van der Waals surface area contributed by atoms with E-state index < -0.39 is 18.4 Å². The highest BCUT2D eigenvalue weighted by atomic mass is 19.3. The molecule has 0 saturated heterocycles. The topological polar surface area (TPSA) is 58.6 Å². The fourth-order valence-electron chi connectivity index (χ4n) is 0.732. The van der Waals surface area contributed by atoms with Crippen LogP contribution in [0.5, 0.6) is 0 Å². The van der Waals surface area contributed by atoms with Crippen molar-refractivity contribution in [3.05, 3.63) is 0 Å². The molecule has 14 heavy (non-hydrogen) atoms. The monoisotopic (exact) mass is 211 g/mol. The second kappa shape index (κ2) is 5.87. The van der Waals surface area contributed by atoms with E-state index in [-0.39, 0.29) is 12.6 Å². The molecule has 1 unspecified atom stereocenters. The molecule has 0 bridgehead atoms. The Morgan fingerprint density at radius 1 is 1.64 bits per heavy atom. The van der Waals surface area contributed by atoms with E-state index in [1.165, 1.54) is 0 Å². The lowest BCUT2D eigenvalue weighted by Crippen LogP contribution is -2.44. The first-order chi connectivity index (χ1) is 6.40. The molecular formula is C8H15F2NO3. The number of nitrogens with one attached hydrogen (secondary N) is 1. The summed E-state index contributed by atoms with van der Waals surface area (Å²) in [5.41, 5.74) is 0. The van der Waals surface area contributed by atoms with E-state index in [0.717, 1.165) is 0 Å². The first kappa shape index (κ1) is 13.2. The van der Waals surface area contributed by atoms with Crippen molar-refractivity contribution in [2.24, 2.45) is 0 Å². The highest BCUT2D eigenvalue weighted by Crippen LogP contribution is 2.11. The Hall–Kier alpha value is -0.750. The second-order valence-corrected chi connectivity index (χ2v) is 2.95. The molecule has 0 radical (unpaired) electrons. The van der Waals surface area contributed by atoms with Gasteiger partial charge >= 0.3 is 11.9 Å². The van der Waals surface area contributed by atoms with Crippen molar-refractivity contribution < 1.29 is 23.4 Å². The average molecular weight is 211 g/mol. The summed E-state index contributed by atoms with van der Waals surface area (Å²) in [5, 5.41) is 10.5. The normalized spacial score (nSPS) is 14.0. The highest BCUT2D eigenvalue weighted by Gasteiger charge is 2.38. The number of carbonyl (C=O) groups is 1. The fraction of sp³-hybridized carbons (Fsp3) is 0.875. The van der Waals surface area contributed by atoms with Gasteiger partial charge in [-0.3, -0.25) is 0 Å². The zero-order valence-corrected chi connectivity index (χ0v) is 8.22. The van der Waals surface area contributed by atoms with Gasteiger partial charge in [-0.25, -0.2) is 4.79 Å². The maximum Gasteiger partial charge on any atom is 0.375 e. The van der Waals surface area contributed by atoms with Gasteiger partial charge in [-0.1, -0.05) is 0 Å². The van der Waals surface area contributed by atoms with E-state index in [4.69, 9.17) is 9.84 Å². The molecule has 1 atom stereocenters. The van der Waals surface area contributed by atoms with Crippen molar-refractivity contribution in [2.45, 2.75) is 25.8 Å². The number of halogens is 2. The van der Waals surface area contributed by atoms with Crippen molar-refractivity contribution in [1.29, 1.82) is 0 Å². The van der Waals surface area contributed by atoms with Crippen LogP contribution in [0.15, 0.2) is 0 Å². The second-order valence-electron chi connectivity index (χ2n) is 2.95. The van der Waals surface area contributed by atoms with Crippen LogP contribution in [0.3, 0.4) is 0 Å². The standard InChI is InChI=1S/C8H15F2NO3/c1-3-14-4-6(2)11-5-8(9,10)7(12)13/h6,11H,3-5H2,1-2H3,(H,12,13). The third-order valence-electron chi connectivity index (χ3n) is 1.56. The molecule has 0 aromatic heterocycles. The zero-order valence-electron chi connectivity index (χ0n) is 8.22. The number of carboxylic acid groups (broad SMARTS) is 1. The molecule has 0 amide bonds. The smallest absolute Gasteiger partial charge is 0.375 e. The number of alkyl halides is 2. The molecule has 0 spiro atoms. The maximum atomic E-state index is 12.5. The Balaban J connectivity index is 3.75. The molecule has 0 aliphatic heterocycles. The summed E-state index contributed by atoms with van der Waals surface area (Å²) in [4.78, 5) is 10.0. The van der Waals surface area contributed by atoms with Gasteiger partial charge in [0.1, 0.15) is 0 Å². The highest BCUT2D eigenvalue weighted by molar-refractivity contribution is 5.75. The third-order valence-corrected chi connectivity index (χ3v) is 1.56. The van der Waals surface area contributed by atoms with Crippen LogP contribution in [0.2, 0.25) is 0 Å². The average Bonchev–Trinajstić information content (AvgIpc) is 2.11. The van der Waals surface area contributed by atoms with Crippen molar-refractivity contribution in [3.63, 3.8) is 0 Å². The molecule has 0 rings (SSSR count). The van der Waals surface area contributed by atoms with Crippen molar-refractivity contribution in [1.82, 2.24) is 5.32 Å². The van der Waals surface area contributed by atoms with E-state index in [1.54, 1.807) is 13.8 Å². The number of carboxylic acids is 1. The number of hydrogen-bond donors (Lipinski definition) is 2. The van der Waals surface area contributed by atoms with E-state index in [2.05, 4.69) is 5.32 Å². The van der Waals surface area contributed by atoms with Gasteiger partial charge < -0.3 is 15.2 Å². The molecule has 0 aromatic carbocycles. The van der Waals surface area contributed by atoms with Gasteiger partial charge in [0, 0.05) is 12.6 Å². The molecular weight excluding hydrogens is 196 g/mol. The molecule has 6 heteroatoms. The largest absolute Gasteiger partial charge is 0.477 e. The predicted molar refractivity (Wildman–Crippen MR) is 46.5 cm³/mol. The minimum atomic E-state index is -3.72. The van der Waals surface area contributed by atoms with E-state index in [1.807, 2.05) is 0 Å². The summed E-state index contributed by atoms with van der Waals surface area (Å²) in [6.45, 7) is 3.34. The quantitative estimate of drug-likeness (QED) is 0.651. The van der Waals surface area contributed by atoms with Gasteiger partial charge in [-0.15, -0.1) is 0 Å². The minimum absolute atomic E-state index is 0.284.